The van der Waals surface area contributed by atoms with Crippen LogP contribution in [0.3, 0.4) is 0 Å². The highest BCUT2D eigenvalue weighted by Crippen LogP contribution is 2.33. The predicted molar refractivity (Wildman–Crippen MR) is 79.5 cm³/mol. The molecule has 4 heteroatoms. The van der Waals surface area contributed by atoms with Gasteiger partial charge in [-0.05, 0) is 32.0 Å². The fourth-order valence-corrected chi connectivity index (χ4v) is 2.52. The molecule has 0 amide bonds. The number of para-hydroxylation sites is 2. The van der Waals surface area contributed by atoms with Crippen molar-refractivity contribution in [3.05, 3.63) is 24.3 Å². The van der Waals surface area contributed by atoms with Crippen molar-refractivity contribution in [2.24, 2.45) is 0 Å². The highest BCUT2D eigenvalue weighted by atomic mass is 16.6. The third-order valence-electron chi connectivity index (χ3n) is 3.61. The average molecular weight is 279 g/mol. The standard InChI is InChI=1S/C16H25NO3/c1-4-10-17-12-11-15(16(12)19-5-2)20-14-9-7-6-8-13(14)18-3/h6-9,12,15-17H,4-5,10-11H2,1-3H3. The van der Waals surface area contributed by atoms with Crippen LogP contribution >= 0.6 is 0 Å². The zero-order valence-corrected chi connectivity index (χ0v) is 12.6. The molecule has 0 aliphatic heterocycles. The largest absolute Gasteiger partial charge is 0.493 e. The van der Waals surface area contributed by atoms with E-state index in [4.69, 9.17) is 14.2 Å². The second kappa shape index (κ2) is 7.50. The first kappa shape index (κ1) is 15.1. The van der Waals surface area contributed by atoms with Crippen LogP contribution in [0.25, 0.3) is 0 Å². The van der Waals surface area contributed by atoms with Crippen LogP contribution in [0, 0.1) is 0 Å². The summed E-state index contributed by atoms with van der Waals surface area (Å²) in [7, 11) is 1.66. The molecule has 0 bridgehead atoms. The van der Waals surface area contributed by atoms with Crippen LogP contribution in [-0.2, 0) is 4.74 Å². The van der Waals surface area contributed by atoms with Gasteiger partial charge < -0.3 is 19.5 Å². The topological polar surface area (TPSA) is 39.7 Å². The molecule has 112 valence electrons. The maximum absolute atomic E-state index is 6.06. The van der Waals surface area contributed by atoms with Gasteiger partial charge in [-0.25, -0.2) is 0 Å². The van der Waals surface area contributed by atoms with E-state index < -0.39 is 0 Å². The third-order valence-corrected chi connectivity index (χ3v) is 3.61. The molecule has 1 aliphatic carbocycles. The summed E-state index contributed by atoms with van der Waals surface area (Å²) in [6.07, 6.45) is 2.33. The van der Waals surface area contributed by atoms with E-state index in [2.05, 4.69) is 12.2 Å². The minimum atomic E-state index is 0.0978. The van der Waals surface area contributed by atoms with E-state index in [1.165, 1.54) is 0 Å². The lowest BCUT2D eigenvalue weighted by molar-refractivity contribution is -0.105. The van der Waals surface area contributed by atoms with Gasteiger partial charge in [-0.3, -0.25) is 0 Å². The van der Waals surface area contributed by atoms with Gasteiger partial charge in [0.25, 0.3) is 0 Å². The van der Waals surface area contributed by atoms with Crippen LogP contribution in [0.1, 0.15) is 26.7 Å². The first-order chi connectivity index (χ1) is 9.80. The number of benzene rings is 1. The molecule has 0 saturated heterocycles. The summed E-state index contributed by atoms with van der Waals surface area (Å²) in [6.45, 7) is 5.93. The van der Waals surface area contributed by atoms with Crippen molar-refractivity contribution in [2.45, 2.75) is 44.9 Å². The van der Waals surface area contributed by atoms with Crippen LogP contribution in [0.2, 0.25) is 0 Å². The lowest BCUT2D eigenvalue weighted by Crippen LogP contribution is -2.61. The quantitative estimate of drug-likeness (QED) is 0.794. The minimum Gasteiger partial charge on any atom is -0.493 e. The Balaban J connectivity index is 1.95. The first-order valence-electron chi connectivity index (χ1n) is 7.44. The second-order valence-electron chi connectivity index (χ2n) is 5.02. The average Bonchev–Trinajstić information content (AvgIpc) is 2.48. The number of ether oxygens (including phenoxy) is 3. The van der Waals surface area contributed by atoms with E-state index in [1.54, 1.807) is 7.11 Å². The van der Waals surface area contributed by atoms with E-state index in [-0.39, 0.29) is 12.2 Å². The molecular formula is C16H25NO3. The maximum Gasteiger partial charge on any atom is 0.161 e. The Hall–Kier alpha value is -1.26. The zero-order chi connectivity index (χ0) is 14.4. The summed E-state index contributed by atoms with van der Waals surface area (Å²) >= 11 is 0. The number of rotatable bonds is 8. The van der Waals surface area contributed by atoms with Gasteiger partial charge >= 0.3 is 0 Å². The zero-order valence-electron chi connectivity index (χ0n) is 12.6. The van der Waals surface area contributed by atoms with Crippen LogP contribution in [0.4, 0.5) is 0 Å². The molecule has 1 aliphatic rings. The summed E-state index contributed by atoms with van der Waals surface area (Å²) in [6, 6.07) is 8.15. The van der Waals surface area contributed by atoms with Crippen molar-refractivity contribution in [1.82, 2.24) is 5.32 Å². The van der Waals surface area contributed by atoms with Gasteiger partial charge in [0.2, 0.25) is 0 Å². The Morgan fingerprint density at radius 1 is 1.20 bits per heavy atom. The lowest BCUT2D eigenvalue weighted by Gasteiger charge is -2.44. The van der Waals surface area contributed by atoms with Crippen molar-refractivity contribution in [1.29, 1.82) is 0 Å². The fraction of sp³-hybridized carbons (Fsp3) is 0.625. The molecule has 0 radical (unpaired) electrons. The lowest BCUT2D eigenvalue weighted by atomic mass is 9.85. The van der Waals surface area contributed by atoms with E-state index in [0.717, 1.165) is 30.9 Å². The summed E-state index contributed by atoms with van der Waals surface area (Å²) < 4.78 is 17.2. The number of methoxy groups -OCH3 is 1. The van der Waals surface area contributed by atoms with Crippen LogP contribution in [0.15, 0.2) is 24.3 Å². The van der Waals surface area contributed by atoms with Gasteiger partial charge in [0.05, 0.1) is 7.11 Å². The monoisotopic (exact) mass is 279 g/mol. The van der Waals surface area contributed by atoms with Crippen LogP contribution < -0.4 is 14.8 Å². The number of hydrogen-bond donors (Lipinski definition) is 1. The molecule has 0 heterocycles. The molecule has 1 N–H and O–H groups in total. The molecule has 1 fully saturated rings. The maximum atomic E-state index is 6.06. The van der Waals surface area contributed by atoms with Gasteiger partial charge in [0.1, 0.15) is 12.2 Å². The van der Waals surface area contributed by atoms with Gasteiger partial charge in [0.15, 0.2) is 11.5 Å². The molecule has 2 rings (SSSR count). The summed E-state index contributed by atoms with van der Waals surface area (Å²) in [5, 5.41) is 3.51. The summed E-state index contributed by atoms with van der Waals surface area (Å²) in [5.41, 5.74) is 0. The van der Waals surface area contributed by atoms with Crippen LogP contribution in [0.5, 0.6) is 11.5 Å². The third kappa shape index (κ3) is 3.44. The minimum absolute atomic E-state index is 0.0978. The van der Waals surface area contributed by atoms with Gasteiger partial charge in [-0.2, -0.15) is 0 Å². The van der Waals surface area contributed by atoms with E-state index in [9.17, 15) is 0 Å². The summed E-state index contributed by atoms with van der Waals surface area (Å²) in [4.78, 5) is 0. The van der Waals surface area contributed by atoms with E-state index >= 15 is 0 Å². The van der Waals surface area contributed by atoms with E-state index in [0.29, 0.717) is 12.6 Å². The van der Waals surface area contributed by atoms with E-state index in [1.807, 2.05) is 31.2 Å². The number of hydrogen-bond acceptors (Lipinski definition) is 4. The molecule has 3 atom stereocenters. The van der Waals surface area contributed by atoms with Crippen molar-refractivity contribution in [3.63, 3.8) is 0 Å². The molecule has 3 unspecified atom stereocenters. The highest BCUT2D eigenvalue weighted by Gasteiger charge is 2.43. The van der Waals surface area contributed by atoms with Gasteiger partial charge in [0, 0.05) is 19.1 Å². The Morgan fingerprint density at radius 3 is 2.60 bits per heavy atom. The molecule has 1 aromatic carbocycles. The summed E-state index contributed by atoms with van der Waals surface area (Å²) in [5.74, 6) is 1.56. The van der Waals surface area contributed by atoms with Gasteiger partial charge in [-0.1, -0.05) is 19.1 Å². The van der Waals surface area contributed by atoms with Gasteiger partial charge in [-0.15, -0.1) is 0 Å². The Kier molecular flexibility index (Phi) is 5.68. The predicted octanol–water partition coefficient (Wildman–Crippen LogP) is 2.62. The molecular weight excluding hydrogens is 254 g/mol. The second-order valence-corrected chi connectivity index (χ2v) is 5.02. The highest BCUT2D eigenvalue weighted by molar-refractivity contribution is 5.39. The molecule has 1 aromatic rings. The van der Waals surface area contributed by atoms with Crippen molar-refractivity contribution in [2.75, 3.05) is 20.3 Å². The van der Waals surface area contributed by atoms with Crippen molar-refractivity contribution >= 4 is 0 Å². The fourth-order valence-electron chi connectivity index (χ4n) is 2.52. The van der Waals surface area contributed by atoms with Crippen molar-refractivity contribution in [3.8, 4) is 11.5 Å². The molecule has 1 saturated carbocycles. The first-order valence-corrected chi connectivity index (χ1v) is 7.44. The molecule has 4 nitrogen and oxygen atoms in total. The Labute approximate surface area is 121 Å². The van der Waals surface area contributed by atoms with Crippen molar-refractivity contribution < 1.29 is 14.2 Å². The normalized spacial score (nSPS) is 25.1. The Bertz CT molecular complexity index is 410. The molecule has 0 aromatic heterocycles. The SMILES string of the molecule is CCCNC1CC(Oc2ccccc2OC)C1OCC. The Morgan fingerprint density at radius 2 is 1.95 bits per heavy atom. The van der Waals surface area contributed by atoms with Crippen LogP contribution in [-0.4, -0.2) is 38.5 Å². The molecule has 20 heavy (non-hydrogen) atoms. The smallest absolute Gasteiger partial charge is 0.161 e. The number of nitrogens with one attached hydrogen (secondary N) is 1. The molecule has 0 spiro atoms.